The number of nitrogens with zero attached hydrogens (tertiary/aromatic N) is 1. The zero-order valence-corrected chi connectivity index (χ0v) is 21.0. The minimum Gasteiger partial charge on any atom is -0.465 e. The zero-order chi connectivity index (χ0) is 26.0. The lowest BCUT2D eigenvalue weighted by atomic mass is 9.85. The molecule has 36 heavy (non-hydrogen) atoms. The molecule has 2 N–H and O–H groups in total. The molecule has 1 amide bonds. The predicted octanol–water partition coefficient (Wildman–Crippen LogP) is 4.19. The van der Waals surface area contributed by atoms with Crippen LogP contribution in [0, 0.1) is 17.8 Å². The maximum Gasteiger partial charge on any atom is 0.414 e. The van der Waals surface area contributed by atoms with E-state index in [1.54, 1.807) is 17.0 Å². The number of esters is 1. The van der Waals surface area contributed by atoms with Crippen LogP contribution in [0.15, 0.2) is 47.2 Å². The highest BCUT2D eigenvalue weighted by Crippen LogP contribution is 2.39. The maximum atomic E-state index is 13.6. The Morgan fingerprint density at radius 2 is 2.03 bits per heavy atom. The molecular formula is C27H34F3N3O3. The standard InChI is InChI=1S/C27H34F3N3O3/c1-16(2)22-11-21(31-13-17-5-4-6-18(9-17)26(35)36-3)12-23(22)25(34)33-8-7-24-19(15-33)10-20(14-32-24)27(28,29)30/h4-6,9-10,16,21-23,31-32H,7-8,11-15H2,1-3H3/t21-,22?,23-/m1/s1. The van der Waals surface area contributed by atoms with Crippen LogP contribution in [0.4, 0.5) is 13.2 Å². The van der Waals surface area contributed by atoms with Gasteiger partial charge < -0.3 is 20.3 Å². The van der Waals surface area contributed by atoms with E-state index < -0.39 is 11.7 Å². The molecule has 1 unspecified atom stereocenters. The molecule has 1 saturated carbocycles. The Labute approximate surface area is 209 Å². The van der Waals surface area contributed by atoms with Crippen molar-refractivity contribution in [2.24, 2.45) is 17.8 Å². The lowest BCUT2D eigenvalue weighted by Crippen LogP contribution is -2.45. The molecule has 3 atom stereocenters. The predicted molar refractivity (Wildman–Crippen MR) is 130 cm³/mol. The summed E-state index contributed by atoms with van der Waals surface area (Å²) in [5.41, 5.74) is 2.23. The third-order valence-corrected chi connectivity index (χ3v) is 7.63. The van der Waals surface area contributed by atoms with Crippen molar-refractivity contribution in [1.82, 2.24) is 15.5 Å². The van der Waals surface area contributed by atoms with Crippen molar-refractivity contribution in [3.05, 3.63) is 58.3 Å². The van der Waals surface area contributed by atoms with Gasteiger partial charge in [-0.15, -0.1) is 0 Å². The minimum atomic E-state index is -4.37. The number of hydrogen-bond acceptors (Lipinski definition) is 5. The number of benzene rings is 1. The molecule has 0 radical (unpaired) electrons. The van der Waals surface area contributed by atoms with Gasteiger partial charge in [0.2, 0.25) is 5.91 Å². The molecule has 0 aromatic heterocycles. The van der Waals surface area contributed by atoms with Crippen molar-refractivity contribution in [2.45, 2.75) is 51.9 Å². The van der Waals surface area contributed by atoms with E-state index >= 15 is 0 Å². The zero-order valence-electron chi connectivity index (χ0n) is 21.0. The van der Waals surface area contributed by atoms with Crippen LogP contribution in [0.2, 0.25) is 0 Å². The van der Waals surface area contributed by atoms with Crippen molar-refractivity contribution in [3.63, 3.8) is 0 Å². The molecule has 9 heteroatoms. The second-order valence-electron chi connectivity index (χ2n) is 10.3. The van der Waals surface area contributed by atoms with E-state index in [0.29, 0.717) is 43.0 Å². The summed E-state index contributed by atoms with van der Waals surface area (Å²) in [4.78, 5) is 27.2. The van der Waals surface area contributed by atoms with E-state index in [1.807, 2.05) is 12.1 Å². The molecule has 4 rings (SSSR count). The lowest BCUT2D eigenvalue weighted by molar-refractivity contribution is -0.137. The Kier molecular flexibility index (Phi) is 7.78. The molecule has 3 aliphatic rings. The summed E-state index contributed by atoms with van der Waals surface area (Å²) in [5, 5.41) is 6.45. The first-order valence-corrected chi connectivity index (χ1v) is 12.5. The second-order valence-corrected chi connectivity index (χ2v) is 10.3. The fourth-order valence-corrected chi connectivity index (χ4v) is 5.64. The molecule has 1 aromatic rings. The van der Waals surface area contributed by atoms with Gasteiger partial charge in [0.05, 0.1) is 18.2 Å². The van der Waals surface area contributed by atoms with E-state index in [1.165, 1.54) is 13.2 Å². The maximum absolute atomic E-state index is 13.6. The summed E-state index contributed by atoms with van der Waals surface area (Å²) in [6.07, 6.45) is -1.08. The van der Waals surface area contributed by atoms with Crippen LogP contribution in [0.25, 0.3) is 0 Å². The first-order valence-electron chi connectivity index (χ1n) is 12.5. The van der Waals surface area contributed by atoms with Crippen LogP contribution in [-0.2, 0) is 16.1 Å². The van der Waals surface area contributed by atoms with Gasteiger partial charge in [0, 0.05) is 50.3 Å². The Morgan fingerprint density at radius 1 is 1.25 bits per heavy atom. The van der Waals surface area contributed by atoms with Gasteiger partial charge in [0.15, 0.2) is 0 Å². The number of carbonyl (C=O) groups excluding carboxylic acids is 2. The first kappa shape index (κ1) is 26.3. The van der Waals surface area contributed by atoms with Crippen LogP contribution < -0.4 is 10.6 Å². The molecule has 1 fully saturated rings. The number of ether oxygens (including phenoxy) is 1. The van der Waals surface area contributed by atoms with Gasteiger partial charge in [-0.1, -0.05) is 26.0 Å². The third kappa shape index (κ3) is 5.77. The number of carbonyl (C=O) groups is 2. The molecule has 6 nitrogen and oxygen atoms in total. The van der Waals surface area contributed by atoms with E-state index in [9.17, 15) is 22.8 Å². The summed E-state index contributed by atoms with van der Waals surface area (Å²) in [5.74, 6) is -0.0227. The molecule has 2 aliphatic heterocycles. The summed E-state index contributed by atoms with van der Waals surface area (Å²) >= 11 is 0. The largest absolute Gasteiger partial charge is 0.465 e. The SMILES string of the molecule is COC(=O)c1cccc(CN[C@@H]2CC(C(C)C)[C@H](C(=O)N3CCC4=C(C=C(C(F)(F)F)CN4)C3)C2)c1. The van der Waals surface area contributed by atoms with Crippen molar-refractivity contribution >= 4 is 11.9 Å². The van der Waals surface area contributed by atoms with E-state index in [-0.39, 0.29) is 42.8 Å². The van der Waals surface area contributed by atoms with Gasteiger partial charge in [-0.25, -0.2) is 4.79 Å². The van der Waals surface area contributed by atoms with E-state index in [4.69, 9.17) is 4.74 Å². The number of dihydropyridines is 1. The average Bonchev–Trinajstić information content (AvgIpc) is 3.30. The summed E-state index contributed by atoms with van der Waals surface area (Å²) in [7, 11) is 1.35. The Balaban J connectivity index is 1.41. The molecule has 1 aromatic carbocycles. The first-order chi connectivity index (χ1) is 17.1. The Bertz CT molecular complexity index is 1060. The number of alkyl halides is 3. The smallest absolute Gasteiger partial charge is 0.414 e. The van der Waals surface area contributed by atoms with Crippen molar-refractivity contribution < 1.29 is 27.5 Å². The van der Waals surface area contributed by atoms with Crippen molar-refractivity contribution in [1.29, 1.82) is 0 Å². The molecule has 2 heterocycles. The van der Waals surface area contributed by atoms with Crippen LogP contribution in [-0.4, -0.2) is 55.7 Å². The average molecular weight is 506 g/mol. The van der Waals surface area contributed by atoms with Crippen LogP contribution >= 0.6 is 0 Å². The highest BCUT2D eigenvalue weighted by molar-refractivity contribution is 5.89. The van der Waals surface area contributed by atoms with Gasteiger partial charge in [0.1, 0.15) is 0 Å². The highest BCUT2D eigenvalue weighted by Gasteiger charge is 2.43. The van der Waals surface area contributed by atoms with Gasteiger partial charge >= 0.3 is 12.1 Å². The van der Waals surface area contributed by atoms with E-state index in [0.717, 1.165) is 17.7 Å². The van der Waals surface area contributed by atoms with Gasteiger partial charge in [-0.2, -0.15) is 13.2 Å². The Morgan fingerprint density at radius 3 is 2.72 bits per heavy atom. The highest BCUT2D eigenvalue weighted by atomic mass is 19.4. The summed E-state index contributed by atoms with van der Waals surface area (Å²) < 4.78 is 44.4. The van der Waals surface area contributed by atoms with Gasteiger partial charge in [-0.3, -0.25) is 4.79 Å². The molecule has 1 aliphatic carbocycles. The van der Waals surface area contributed by atoms with Gasteiger partial charge in [-0.05, 0) is 54.0 Å². The normalized spacial score (nSPS) is 24.4. The number of nitrogens with one attached hydrogen (secondary N) is 2. The topological polar surface area (TPSA) is 70.7 Å². The minimum absolute atomic E-state index is 0.0322. The van der Waals surface area contributed by atoms with Crippen LogP contribution in [0.5, 0.6) is 0 Å². The summed E-state index contributed by atoms with van der Waals surface area (Å²) in [6.45, 7) is 5.31. The number of hydrogen-bond donors (Lipinski definition) is 2. The number of rotatable bonds is 6. The fraction of sp³-hybridized carbons (Fsp3) is 0.556. The molecule has 0 bridgehead atoms. The van der Waals surface area contributed by atoms with Crippen molar-refractivity contribution in [3.8, 4) is 0 Å². The van der Waals surface area contributed by atoms with E-state index in [2.05, 4.69) is 24.5 Å². The lowest BCUT2D eigenvalue weighted by Gasteiger charge is -2.36. The van der Waals surface area contributed by atoms with Crippen LogP contribution in [0.1, 0.15) is 49.0 Å². The summed E-state index contributed by atoms with van der Waals surface area (Å²) in [6, 6.07) is 7.41. The van der Waals surface area contributed by atoms with Crippen molar-refractivity contribution in [2.75, 3.05) is 26.7 Å². The molecular weight excluding hydrogens is 471 g/mol. The van der Waals surface area contributed by atoms with Gasteiger partial charge in [0.25, 0.3) is 0 Å². The van der Waals surface area contributed by atoms with Crippen LogP contribution in [0.3, 0.4) is 0 Å². The second kappa shape index (κ2) is 10.7. The monoisotopic (exact) mass is 505 g/mol. The molecule has 0 saturated heterocycles. The quantitative estimate of drug-likeness (QED) is 0.568. The fourth-order valence-electron chi connectivity index (χ4n) is 5.64. The number of halogens is 3. The molecule has 196 valence electrons. The Hall–Kier alpha value is -2.81. The number of amides is 1. The third-order valence-electron chi connectivity index (χ3n) is 7.63. The number of methoxy groups -OCH3 is 1. The molecule has 0 spiro atoms.